The molecule has 0 saturated carbocycles. The normalized spacial score (nSPS) is 17.0. The molecule has 8 heteroatoms. The van der Waals surface area contributed by atoms with E-state index >= 15 is 0 Å². The van der Waals surface area contributed by atoms with Gasteiger partial charge in [0.2, 0.25) is 5.91 Å². The number of urea groups is 1. The van der Waals surface area contributed by atoms with Gasteiger partial charge in [0.25, 0.3) is 0 Å². The van der Waals surface area contributed by atoms with Crippen LogP contribution in [0.25, 0.3) is 0 Å². The van der Waals surface area contributed by atoms with E-state index in [4.69, 9.17) is 4.74 Å². The van der Waals surface area contributed by atoms with E-state index in [1.54, 1.807) is 18.7 Å². The Kier molecular flexibility index (Phi) is 6.93. The fourth-order valence-corrected chi connectivity index (χ4v) is 2.16. The van der Waals surface area contributed by atoms with Gasteiger partial charge >= 0.3 is 12.1 Å². The number of ether oxygens (including phenoxy) is 1. The summed E-state index contributed by atoms with van der Waals surface area (Å²) in [6, 6.07) is -0.853. The number of piperidine rings is 1. The highest BCUT2D eigenvalue weighted by atomic mass is 16.6. The summed E-state index contributed by atoms with van der Waals surface area (Å²) >= 11 is 0. The van der Waals surface area contributed by atoms with Gasteiger partial charge in [-0.05, 0) is 26.7 Å². The van der Waals surface area contributed by atoms with Crippen LogP contribution in [0.15, 0.2) is 0 Å². The molecular formula is C13H24N4O4. The lowest BCUT2D eigenvalue weighted by atomic mass is 10.0. The zero-order chi connectivity index (χ0) is 15.8. The largest absolute Gasteiger partial charge is 0.450 e. The van der Waals surface area contributed by atoms with Crippen molar-refractivity contribution in [2.75, 3.05) is 26.7 Å². The number of nitrogens with zero attached hydrogens (tertiary/aromatic N) is 1. The smallest absolute Gasteiger partial charge is 0.409 e. The van der Waals surface area contributed by atoms with Crippen LogP contribution in [0, 0.1) is 0 Å². The molecule has 1 fully saturated rings. The summed E-state index contributed by atoms with van der Waals surface area (Å²) in [7, 11) is 1.45. The highest BCUT2D eigenvalue weighted by molar-refractivity contribution is 5.96. The zero-order valence-corrected chi connectivity index (χ0v) is 12.8. The molecule has 0 aromatic rings. The molecule has 1 heterocycles. The average molecular weight is 300 g/mol. The Bertz CT molecular complexity index is 380. The number of hydrogen-bond acceptors (Lipinski definition) is 5. The number of carbonyl (C=O) groups excluding carboxylic acids is 3. The fourth-order valence-electron chi connectivity index (χ4n) is 2.16. The first kappa shape index (κ1) is 17.2. The number of hydrogen-bond donors (Lipinski definition) is 3. The average Bonchev–Trinajstić information content (AvgIpc) is 2.47. The summed E-state index contributed by atoms with van der Waals surface area (Å²) in [4.78, 5) is 36.0. The van der Waals surface area contributed by atoms with Gasteiger partial charge in [-0.1, -0.05) is 0 Å². The van der Waals surface area contributed by atoms with Gasteiger partial charge < -0.3 is 20.3 Å². The van der Waals surface area contributed by atoms with Crippen molar-refractivity contribution in [3.05, 3.63) is 0 Å². The van der Waals surface area contributed by atoms with Crippen molar-refractivity contribution in [1.29, 1.82) is 0 Å². The molecule has 120 valence electrons. The second-order valence-corrected chi connectivity index (χ2v) is 4.92. The highest BCUT2D eigenvalue weighted by Gasteiger charge is 2.26. The van der Waals surface area contributed by atoms with Crippen molar-refractivity contribution in [3.8, 4) is 0 Å². The molecular weight excluding hydrogens is 276 g/mol. The Hall–Kier alpha value is -1.83. The maximum absolute atomic E-state index is 11.7. The third kappa shape index (κ3) is 5.58. The summed E-state index contributed by atoms with van der Waals surface area (Å²) in [5.41, 5.74) is 0. The molecule has 1 saturated heterocycles. The molecule has 1 atom stereocenters. The molecule has 4 amide bonds. The van der Waals surface area contributed by atoms with Gasteiger partial charge in [0.05, 0.1) is 12.6 Å². The molecule has 21 heavy (non-hydrogen) atoms. The second kappa shape index (κ2) is 8.46. The second-order valence-electron chi connectivity index (χ2n) is 4.92. The minimum atomic E-state index is -0.522. The standard InChI is InChI=1S/C13H24N4O4/c1-4-21-13(20)17-7-5-10(6-8-17)15-9(2)11(18)16-12(19)14-3/h9-10,15H,4-8H2,1-3H3,(H2,14,16,18,19). The summed E-state index contributed by atoms with van der Waals surface area (Å²) in [5, 5.41) is 7.72. The van der Waals surface area contributed by atoms with Gasteiger partial charge in [0.1, 0.15) is 0 Å². The van der Waals surface area contributed by atoms with Crippen LogP contribution in [0.3, 0.4) is 0 Å². The summed E-state index contributed by atoms with van der Waals surface area (Å²) < 4.78 is 4.95. The Morgan fingerprint density at radius 1 is 1.29 bits per heavy atom. The topological polar surface area (TPSA) is 99.8 Å². The molecule has 8 nitrogen and oxygen atoms in total. The molecule has 1 aliphatic heterocycles. The highest BCUT2D eigenvalue weighted by Crippen LogP contribution is 2.12. The Morgan fingerprint density at radius 3 is 2.43 bits per heavy atom. The van der Waals surface area contributed by atoms with Gasteiger partial charge in [0, 0.05) is 26.2 Å². The third-order valence-electron chi connectivity index (χ3n) is 3.36. The fraction of sp³-hybridized carbons (Fsp3) is 0.769. The van der Waals surface area contributed by atoms with E-state index < -0.39 is 12.1 Å². The van der Waals surface area contributed by atoms with E-state index in [0.717, 1.165) is 12.8 Å². The van der Waals surface area contributed by atoms with Gasteiger partial charge in [-0.25, -0.2) is 9.59 Å². The molecule has 3 N–H and O–H groups in total. The van der Waals surface area contributed by atoms with Gasteiger partial charge in [-0.3, -0.25) is 10.1 Å². The predicted octanol–water partition coefficient (Wildman–Crippen LogP) is 0.0410. The molecule has 0 spiro atoms. The number of carbonyl (C=O) groups is 3. The van der Waals surface area contributed by atoms with Crippen LogP contribution in [0.1, 0.15) is 26.7 Å². The number of rotatable bonds is 4. The van der Waals surface area contributed by atoms with Crippen LogP contribution >= 0.6 is 0 Å². The summed E-state index contributed by atoms with van der Waals surface area (Å²) in [6.45, 7) is 5.04. The van der Waals surface area contributed by atoms with Crippen LogP contribution in [-0.4, -0.2) is 61.8 Å². The molecule has 1 aliphatic rings. The van der Waals surface area contributed by atoms with Crippen molar-refractivity contribution >= 4 is 18.0 Å². The van der Waals surface area contributed by atoms with Crippen molar-refractivity contribution in [2.45, 2.75) is 38.8 Å². The molecule has 0 aromatic carbocycles. The first-order chi connectivity index (χ1) is 9.97. The number of amides is 4. The van der Waals surface area contributed by atoms with Gasteiger partial charge in [-0.15, -0.1) is 0 Å². The van der Waals surface area contributed by atoms with E-state index in [1.165, 1.54) is 7.05 Å². The SMILES string of the molecule is CCOC(=O)N1CCC(NC(C)C(=O)NC(=O)NC)CC1. The van der Waals surface area contributed by atoms with E-state index in [9.17, 15) is 14.4 Å². The van der Waals surface area contributed by atoms with Crippen LogP contribution in [-0.2, 0) is 9.53 Å². The lowest BCUT2D eigenvalue weighted by Crippen LogP contribution is -2.53. The van der Waals surface area contributed by atoms with Crippen molar-refractivity contribution < 1.29 is 19.1 Å². The Balaban J connectivity index is 2.33. The predicted molar refractivity (Wildman–Crippen MR) is 76.8 cm³/mol. The van der Waals surface area contributed by atoms with Crippen LogP contribution in [0.4, 0.5) is 9.59 Å². The van der Waals surface area contributed by atoms with E-state index in [-0.39, 0.29) is 18.0 Å². The monoisotopic (exact) mass is 300 g/mol. The maximum Gasteiger partial charge on any atom is 0.409 e. The van der Waals surface area contributed by atoms with Crippen molar-refractivity contribution in [2.24, 2.45) is 0 Å². The number of likely N-dealkylation sites (tertiary alicyclic amines) is 1. The molecule has 0 bridgehead atoms. The Morgan fingerprint density at radius 2 is 1.90 bits per heavy atom. The number of nitrogens with one attached hydrogen (secondary N) is 3. The first-order valence-corrected chi connectivity index (χ1v) is 7.18. The van der Waals surface area contributed by atoms with E-state index in [1.807, 2.05) is 0 Å². The Labute approximate surface area is 124 Å². The van der Waals surface area contributed by atoms with Crippen molar-refractivity contribution in [1.82, 2.24) is 20.9 Å². The molecule has 0 aliphatic carbocycles. The maximum atomic E-state index is 11.7. The minimum absolute atomic E-state index is 0.140. The molecule has 0 radical (unpaired) electrons. The lowest BCUT2D eigenvalue weighted by Gasteiger charge is -2.32. The van der Waals surface area contributed by atoms with Gasteiger partial charge in [0.15, 0.2) is 0 Å². The van der Waals surface area contributed by atoms with E-state index in [0.29, 0.717) is 19.7 Å². The van der Waals surface area contributed by atoms with Gasteiger partial charge in [-0.2, -0.15) is 0 Å². The molecule has 1 unspecified atom stereocenters. The number of imide groups is 1. The summed E-state index contributed by atoms with van der Waals surface area (Å²) in [5.74, 6) is -0.373. The molecule has 0 aromatic heterocycles. The van der Waals surface area contributed by atoms with Crippen LogP contribution in [0.2, 0.25) is 0 Å². The molecule has 1 rings (SSSR count). The minimum Gasteiger partial charge on any atom is -0.450 e. The lowest BCUT2D eigenvalue weighted by molar-refractivity contribution is -0.121. The van der Waals surface area contributed by atoms with Crippen molar-refractivity contribution in [3.63, 3.8) is 0 Å². The van der Waals surface area contributed by atoms with Crippen LogP contribution < -0.4 is 16.0 Å². The first-order valence-electron chi connectivity index (χ1n) is 7.18. The van der Waals surface area contributed by atoms with E-state index in [2.05, 4.69) is 16.0 Å². The summed E-state index contributed by atoms with van der Waals surface area (Å²) in [6.07, 6.45) is 1.20. The zero-order valence-electron chi connectivity index (χ0n) is 12.8. The third-order valence-corrected chi connectivity index (χ3v) is 3.36. The quantitative estimate of drug-likeness (QED) is 0.681. The van der Waals surface area contributed by atoms with Crippen LogP contribution in [0.5, 0.6) is 0 Å².